The van der Waals surface area contributed by atoms with Crippen LogP contribution >= 0.6 is 11.6 Å². The van der Waals surface area contributed by atoms with Gasteiger partial charge in [-0.3, -0.25) is 4.57 Å². The number of aryl methyl sites for hydroxylation is 4. The maximum atomic E-state index is 12.2. The summed E-state index contributed by atoms with van der Waals surface area (Å²) in [5.41, 5.74) is 6.52. The molecule has 0 spiro atoms. The van der Waals surface area contributed by atoms with Crippen molar-refractivity contribution < 1.29 is 23.1 Å². The van der Waals surface area contributed by atoms with Crippen LogP contribution in [0.25, 0.3) is 16.7 Å². The summed E-state index contributed by atoms with van der Waals surface area (Å²) in [4.78, 5) is 15.6. The molecular weight excluding hydrogens is 514 g/mol. The zero-order valence-electron chi connectivity index (χ0n) is 20.8. The Hall–Kier alpha value is -3.40. The number of carbonyl (C=O) groups is 1. The van der Waals surface area contributed by atoms with Gasteiger partial charge in [-0.05, 0) is 78.4 Å². The average molecular weight is 542 g/mol. The summed E-state index contributed by atoms with van der Waals surface area (Å²) in [6.45, 7) is 4.38. The average Bonchev–Trinajstić information content (AvgIpc) is 3.20. The minimum atomic E-state index is -4.12. The number of halogens is 1. The summed E-state index contributed by atoms with van der Waals surface area (Å²) in [6, 6.07) is 16.7. The molecule has 0 radical (unpaired) electrons. The number of hydrogen-bond donors (Lipinski definition) is 2. The molecule has 0 atom stereocenters. The topological polar surface area (TPSA) is 111 Å². The van der Waals surface area contributed by atoms with E-state index >= 15 is 0 Å². The van der Waals surface area contributed by atoms with Crippen molar-refractivity contribution in [3.63, 3.8) is 0 Å². The fraction of sp³-hybridized carbons (Fsp3) is 0.259. The SMILES string of the molecule is CCc1nc2cc(COC)c(Cl)cc2n1-c1ccc(CCc2cc(S(=O)(=O)NC(=O)O)ccc2C)cc1. The molecule has 0 aliphatic heterocycles. The molecule has 0 fully saturated rings. The summed E-state index contributed by atoms with van der Waals surface area (Å²) >= 11 is 6.50. The van der Waals surface area contributed by atoms with E-state index in [1.165, 1.54) is 12.1 Å². The number of nitrogens with one attached hydrogen (secondary N) is 1. The second-order valence-corrected chi connectivity index (χ2v) is 10.8. The van der Waals surface area contributed by atoms with E-state index in [0.717, 1.165) is 51.2 Å². The Labute approximate surface area is 220 Å². The molecule has 10 heteroatoms. The van der Waals surface area contributed by atoms with Gasteiger partial charge in [0.15, 0.2) is 0 Å². The van der Waals surface area contributed by atoms with E-state index in [4.69, 9.17) is 26.4 Å². The van der Waals surface area contributed by atoms with E-state index in [1.807, 2.05) is 43.3 Å². The summed E-state index contributed by atoms with van der Waals surface area (Å²) in [6.07, 6.45) is 0.433. The first-order valence-corrected chi connectivity index (χ1v) is 13.6. The largest absolute Gasteiger partial charge is 0.464 e. The number of methoxy groups -OCH3 is 1. The van der Waals surface area contributed by atoms with Gasteiger partial charge in [0, 0.05) is 24.2 Å². The van der Waals surface area contributed by atoms with Crippen molar-refractivity contribution in [1.29, 1.82) is 0 Å². The predicted molar refractivity (Wildman–Crippen MR) is 143 cm³/mol. The molecule has 1 aromatic heterocycles. The molecule has 194 valence electrons. The third kappa shape index (κ3) is 5.79. The highest BCUT2D eigenvalue weighted by molar-refractivity contribution is 7.90. The van der Waals surface area contributed by atoms with E-state index in [1.54, 1.807) is 17.9 Å². The van der Waals surface area contributed by atoms with Crippen molar-refractivity contribution >= 4 is 38.8 Å². The molecule has 0 aliphatic rings. The van der Waals surface area contributed by atoms with Gasteiger partial charge >= 0.3 is 6.09 Å². The maximum absolute atomic E-state index is 12.2. The first-order valence-electron chi connectivity index (χ1n) is 11.8. The first-order chi connectivity index (χ1) is 17.6. The molecule has 0 aliphatic carbocycles. The Morgan fingerprint density at radius 3 is 2.46 bits per heavy atom. The predicted octanol–water partition coefficient (Wildman–Crippen LogP) is 5.44. The molecule has 0 saturated carbocycles. The van der Waals surface area contributed by atoms with Crippen molar-refractivity contribution in [2.24, 2.45) is 0 Å². The molecule has 37 heavy (non-hydrogen) atoms. The second kappa shape index (κ2) is 10.9. The van der Waals surface area contributed by atoms with Gasteiger partial charge in [-0.25, -0.2) is 22.9 Å². The molecule has 1 heterocycles. The molecule has 0 bridgehead atoms. The molecular formula is C27H28ClN3O5S. The fourth-order valence-corrected chi connectivity index (χ4v) is 5.44. The van der Waals surface area contributed by atoms with Crippen molar-refractivity contribution in [2.75, 3.05) is 7.11 Å². The van der Waals surface area contributed by atoms with E-state index in [9.17, 15) is 13.2 Å². The monoisotopic (exact) mass is 541 g/mol. The number of aromatic nitrogens is 2. The number of sulfonamides is 1. The van der Waals surface area contributed by atoms with Crippen molar-refractivity contribution in [2.45, 2.75) is 44.6 Å². The van der Waals surface area contributed by atoms with Crippen LogP contribution in [0.5, 0.6) is 0 Å². The van der Waals surface area contributed by atoms with Gasteiger partial charge in [0.1, 0.15) is 5.82 Å². The van der Waals surface area contributed by atoms with Crippen LogP contribution in [-0.2, 0) is 40.6 Å². The van der Waals surface area contributed by atoms with Gasteiger partial charge in [-0.15, -0.1) is 0 Å². The van der Waals surface area contributed by atoms with Crippen LogP contribution in [0, 0.1) is 6.92 Å². The van der Waals surface area contributed by atoms with Crippen LogP contribution in [0.1, 0.15) is 35.0 Å². The van der Waals surface area contributed by atoms with Crippen molar-refractivity contribution in [3.8, 4) is 5.69 Å². The number of amides is 1. The lowest BCUT2D eigenvalue weighted by Gasteiger charge is -2.12. The number of nitrogens with zero attached hydrogens (tertiary/aromatic N) is 2. The highest BCUT2D eigenvalue weighted by Crippen LogP contribution is 2.29. The Kier molecular flexibility index (Phi) is 7.87. The molecule has 3 aromatic carbocycles. The molecule has 4 rings (SSSR count). The van der Waals surface area contributed by atoms with E-state index in [-0.39, 0.29) is 4.90 Å². The van der Waals surface area contributed by atoms with Gasteiger partial charge < -0.3 is 9.84 Å². The summed E-state index contributed by atoms with van der Waals surface area (Å²) < 4.78 is 33.4. The number of fused-ring (bicyclic) bond motifs is 1. The van der Waals surface area contributed by atoms with Gasteiger partial charge in [0.25, 0.3) is 10.0 Å². The minimum Gasteiger partial charge on any atom is -0.464 e. The fourth-order valence-electron chi connectivity index (χ4n) is 4.33. The highest BCUT2D eigenvalue weighted by Gasteiger charge is 2.18. The lowest BCUT2D eigenvalue weighted by atomic mass is 10.0. The van der Waals surface area contributed by atoms with E-state index in [0.29, 0.717) is 24.5 Å². The zero-order valence-corrected chi connectivity index (χ0v) is 22.4. The van der Waals surface area contributed by atoms with Crippen molar-refractivity contribution in [3.05, 3.63) is 87.7 Å². The second-order valence-electron chi connectivity index (χ2n) is 8.75. The first kappa shape index (κ1) is 26.7. The van der Waals surface area contributed by atoms with Gasteiger partial charge in [0.05, 0.1) is 22.5 Å². The van der Waals surface area contributed by atoms with E-state index < -0.39 is 16.1 Å². The van der Waals surface area contributed by atoms with Gasteiger partial charge in [-0.1, -0.05) is 36.7 Å². The third-order valence-corrected chi connectivity index (χ3v) is 7.91. The zero-order chi connectivity index (χ0) is 26.7. The number of benzene rings is 3. The van der Waals surface area contributed by atoms with Crippen LogP contribution in [0.3, 0.4) is 0 Å². The minimum absolute atomic E-state index is 0.0720. The molecule has 0 unspecified atom stereocenters. The quantitative estimate of drug-likeness (QED) is 0.292. The molecule has 2 N–H and O–H groups in total. The number of imidazole rings is 1. The van der Waals surface area contributed by atoms with Crippen LogP contribution in [0.4, 0.5) is 4.79 Å². The number of rotatable bonds is 9. The Balaban J connectivity index is 1.57. The number of carboxylic acid groups (broad SMARTS) is 1. The van der Waals surface area contributed by atoms with Gasteiger partial charge in [0.2, 0.25) is 0 Å². The van der Waals surface area contributed by atoms with Crippen LogP contribution in [0.2, 0.25) is 5.02 Å². The Bertz CT molecular complexity index is 1560. The number of hydrogen-bond acceptors (Lipinski definition) is 5. The Morgan fingerprint density at radius 1 is 1.08 bits per heavy atom. The molecule has 8 nitrogen and oxygen atoms in total. The molecule has 4 aromatic rings. The standard InChI is InChI=1S/C27H28ClN3O5S/c1-4-26-29-24-14-20(16-36-3)23(28)15-25(24)31(26)21-10-7-18(8-11-21)6-9-19-13-22(12-5-17(19)2)37(34,35)30-27(32)33/h5,7-8,10-15,30H,4,6,9,16H2,1-3H3,(H,32,33). The molecule has 0 saturated heterocycles. The maximum Gasteiger partial charge on any atom is 0.418 e. The van der Waals surface area contributed by atoms with Crippen LogP contribution in [0.15, 0.2) is 59.5 Å². The summed E-state index contributed by atoms with van der Waals surface area (Å²) in [7, 11) is -2.49. The third-order valence-electron chi connectivity index (χ3n) is 6.24. The van der Waals surface area contributed by atoms with Crippen molar-refractivity contribution in [1.82, 2.24) is 14.3 Å². The van der Waals surface area contributed by atoms with Gasteiger partial charge in [-0.2, -0.15) is 0 Å². The molecule has 1 amide bonds. The number of ether oxygens (including phenoxy) is 1. The lowest BCUT2D eigenvalue weighted by molar-refractivity contribution is 0.185. The normalized spacial score (nSPS) is 11.7. The lowest BCUT2D eigenvalue weighted by Crippen LogP contribution is -2.28. The van der Waals surface area contributed by atoms with Crippen LogP contribution < -0.4 is 4.72 Å². The Morgan fingerprint density at radius 2 is 1.81 bits per heavy atom. The smallest absolute Gasteiger partial charge is 0.418 e. The van der Waals surface area contributed by atoms with Crippen LogP contribution in [-0.4, -0.2) is 36.3 Å². The highest BCUT2D eigenvalue weighted by atomic mass is 35.5. The van der Waals surface area contributed by atoms with E-state index in [2.05, 4.69) is 11.5 Å². The summed E-state index contributed by atoms with van der Waals surface area (Å²) in [5, 5.41) is 9.44. The summed E-state index contributed by atoms with van der Waals surface area (Å²) in [5.74, 6) is 0.928.